The summed E-state index contributed by atoms with van der Waals surface area (Å²) in [4.78, 5) is 0. The van der Waals surface area contributed by atoms with Crippen molar-refractivity contribution in [2.75, 3.05) is 12.0 Å². The largest absolute Gasteiger partial charge is 0.253 e. The molecule has 1 unspecified atom stereocenters. The Morgan fingerprint density at radius 3 is 2.56 bits per heavy atom. The van der Waals surface area contributed by atoms with Crippen molar-refractivity contribution >= 4 is 9.73 Å². The van der Waals surface area contributed by atoms with Crippen molar-refractivity contribution in [1.29, 1.82) is 4.78 Å². The normalized spacial score (nSPS) is 25.4. The van der Waals surface area contributed by atoms with Gasteiger partial charge >= 0.3 is 0 Å². The third-order valence-electron chi connectivity index (χ3n) is 1.14. The van der Waals surface area contributed by atoms with E-state index in [-0.39, 0.29) is 0 Å². The number of hydrogen-bond donors (Lipinski definition) is 3. The van der Waals surface area contributed by atoms with E-state index in [1.807, 2.05) is 0 Å². The Morgan fingerprint density at radius 1 is 1.67 bits per heavy atom. The Balaban J connectivity index is 2.18. The number of hydrogen-bond acceptors (Lipinski definition) is 4. The highest BCUT2D eigenvalue weighted by Crippen LogP contribution is 1.98. The maximum atomic E-state index is 10.7. The first kappa shape index (κ1) is 6.98. The average molecular weight is 149 g/mol. The summed E-state index contributed by atoms with van der Waals surface area (Å²) < 4.78 is 17.8. The third kappa shape index (κ3) is 3.45. The smallest absolute Gasteiger partial charge is 0.0842 e. The van der Waals surface area contributed by atoms with E-state index in [4.69, 9.17) is 4.78 Å². The fourth-order valence-corrected chi connectivity index (χ4v) is 1.23. The first-order chi connectivity index (χ1) is 4.08. The molecule has 0 saturated carbocycles. The van der Waals surface area contributed by atoms with Crippen LogP contribution in [0.4, 0.5) is 0 Å². The van der Waals surface area contributed by atoms with Crippen molar-refractivity contribution in [2.24, 2.45) is 0 Å². The molecule has 1 aliphatic rings. The molecule has 0 spiro atoms. The zero-order valence-corrected chi connectivity index (χ0v) is 6.12. The minimum Gasteiger partial charge on any atom is -0.253 e. The molecule has 1 saturated heterocycles. The monoisotopic (exact) mass is 149 g/mol. The summed E-state index contributed by atoms with van der Waals surface area (Å²) in [6, 6.07) is 0. The van der Waals surface area contributed by atoms with Crippen LogP contribution in [0.5, 0.6) is 0 Å². The molecular formula is C4H11N3OS. The van der Waals surface area contributed by atoms with Gasteiger partial charge in [0.1, 0.15) is 0 Å². The van der Waals surface area contributed by atoms with Crippen molar-refractivity contribution in [3.05, 3.63) is 0 Å². The van der Waals surface area contributed by atoms with Crippen LogP contribution in [0.15, 0.2) is 0 Å². The van der Waals surface area contributed by atoms with Crippen molar-refractivity contribution < 1.29 is 4.21 Å². The summed E-state index contributed by atoms with van der Waals surface area (Å²) in [5.41, 5.74) is 5.70. The van der Waals surface area contributed by atoms with Gasteiger partial charge in [-0.2, -0.15) is 0 Å². The molecule has 1 heterocycles. The molecule has 9 heavy (non-hydrogen) atoms. The minimum atomic E-state index is -2.26. The van der Waals surface area contributed by atoms with Gasteiger partial charge in [-0.25, -0.2) is 10.9 Å². The van der Waals surface area contributed by atoms with Gasteiger partial charge in [0.05, 0.1) is 6.17 Å². The van der Waals surface area contributed by atoms with Crippen LogP contribution < -0.4 is 10.9 Å². The molecule has 0 amide bonds. The molecular weight excluding hydrogens is 138 g/mol. The maximum absolute atomic E-state index is 10.7. The Labute approximate surface area is 55.0 Å². The summed E-state index contributed by atoms with van der Waals surface area (Å²) in [5, 5.41) is 0. The standard InChI is InChI=1S/C4H11N3OS/c1-9(5,8)3-2-4-6-7-4/h4-7H,2-3H2,1H3. The molecule has 4 nitrogen and oxygen atoms in total. The molecule has 1 atom stereocenters. The van der Waals surface area contributed by atoms with Crippen LogP contribution in [-0.4, -0.2) is 22.4 Å². The zero-order valence-electron chi connectivity index (χ0n) is 5.31. The molecule has 0 aliphatic carbocycles. The van der Waals surface area contributed by atoms with E-state index < -0.39 is 9.73 Å². The molecule has 0 aromatic heterocycles. The second-order valence-electron chi connectivity index (χ2n) is 2.34. The average Bonchev–Trinajstić information content (AvgIpc) is 2.38. The summed E-state index contributed by atoms with van der Waals surface area (Å²) in [7, 11) is -2.26. The molecule has 0 radical (unpaired) electrons. The quantitative estimate of drug-likeness (QED) is 0.472. The van der Waals surface area contributed by atoms with E-state index in [1.165, 1.54) is 6.26 Å². The number of rotatable bonds is 3. The molecule has 5 heteroatoms. The van der Waals surface area contributed by atoms with Gasteiger partial charge in [-0.1, -0.05) is 0 Å². The molecule has 0 bridgehead atoms. The zero-order chi connectivity index (χ0) is 6.91. The van der Waals surface area contributed by atoms with Gasteiger partial charge in [-0.05, 0) is 6.42 Å². The third-order valence-corrected chi connectivity index (χ3v) is 2.16. The van der Waals surface area contributed by atoms with Gasteiger partial charge in [-0.3, -0.25) is 8.99 Å². The van der Waals surface area contributed by atoms with Crippen molar-refractivity contribution in [3.63, 3.8) is 0 Å². The lowest BCUT2D eigenvalue weighted by atomic mass is 10.5. The Morgan fingerprint density at radius 2 is 2.22 bits per heavy atom. The van der Waals surface area contributed by atoms with Crippen LogP contribution in [0.2, 0.25) is 0 Å². The summed E-state index contributed by atoms with van der Waals surface area (Å²) in [5.74, 6) is 0.484. The second kappa shape index (κ2) is 2.24. The molecule has 1 aliphatic heterocycles. The first-order valence-electron chi connectivity index (χ1n) is 2.80. The Bertz CT molecular complexity index is 182. The van der Waals surface area contributed by atoms with Gasteiger partial charge in [0, 0.05) is 21.7 Å². The van der Waals surface area contributed by atoms with Gasteiger partial charge in [0.25, 0.3) is 0 Å². The molecule has 0 aromatic rings. The highest BCUT2D eigenvalue weighted by molar-refractivity contribution is 7.91. The molecule has 1 rings (SSSR count). The van der Waals surface area contributed by atoms with Gasteiger partial charge in [0.15, 0.2) is 0 Å². The lowest BCUT2D eigenvalue weighted by molar-refractivity contribution is 0.675. The Kier molecular flexibility index (Phi) is 1.74. The topological polar surface area (TPSA) is 84.8 Å². The molecule has 3 N–H and O–H groups in total. The fourth-order valence-electron chi connectivity index (χ4n) is 0.546. The van der Waals surface area contributed by atoms with E-state index in [0.29, 0.717) is 11.9 Å². The SMILES string of the molecule is CS(=N)(=O)CCC1NN1. The summed E-state index contributed by atoms with van der Waals surface area (Å²) in [6.07, 6.45) is 2.57. The summed E-state index contributed by atoms with van der Waals surface area (Å²) in [6.45, 7) is 0. The molecule has 0 aromatic carbocycles. The van der Waals surface area contributed by atoms with E-state index in [9.17, 15) is 4.21 Å². The van der Waals surface area contributed by atoms with Crippen LogP contribution in [0.3, 0.4) is 0 Å². The number of hydrazine groups is 1. The van der Waals surface area contributed by atoms with Gasteiger partial charge < -0.3 is 0 Å². The predicted octanol–water partition coefficient (Wildman–Crippen LogP) is -0.513. The van der Waals surface area contributed by atoms with Gasteiger partial charge in [-0.15, -0.1) is 0 Å². The summed E-state index contributed by atoms with van der Waals surface area (Å²) >= 11 is 0. The lowest BCUT2D eigenvalue weighted by Crippen LogP contribution is -2.05. The lowest BCUT2D eigenvalue weighted by Gasteiger charge is -1.95. The van der Waals surface area contributed by atoms with E-state index >= 15 is 0 Å². The van der Waals surface area contributed by atoms with Crippen LogP contribution >= 0.6 is 0 Å². The van der Waals surface area contributed by atoms with Crippen LogP contribution in [0, 0.1) is 4.78 Å². The van der Waals surface area contributed by atoms with E-state index in [2.05, 4.69) is 10.9 Å². The second-order valence-corrected chi connectivity index (χ2v) is 4.76. The van der Waals surface area contributed by atoms with Crippen LogP contribution in [0.1, 0.15) is 6.42 Å². The highest BCUT2D eigenvalue weighted by Gasteiger charge is 2.18. The minimum absolute atomic E-state index is 0.316. The van der Waals surface area contributed by atoms with Gasteiger partial charge in [0.2, 0.25) is 0 Å². The van der Waals surface area contributed by atoms with Crippen molar-refractivity contribution in [3.8, 4) is 0 Å². The number of nitrogens with one attached hydrogen (secondary N) is 3. The Hall–Kier alpha value is -0.130. The fraction of sp³-hybridized carbons (Fsp3) is 1.00. The molecule has 1 fully saturated rings. The van der Waals surface area contributed by atoms with E-state index in [0.717, 1.165) is 6.42 Å². The first-order valence-corrected chi connectivity index (χ1v) is 4.94. The van der Waals surface area contributed by atoms with E-state index in [1.54, 1.807) is 0 Å². The van der Waals surface area contributed by atoms with Crippen molar-refractivity contribution in [2.45, 2.75) is 12.6 Å². The predicted molar refractivity (Wildman–Crippen MR) is 36.3 cm³/mol. The maximum Gasteiger partial charge on any atom is 0.0842 e. The van der Waals surface area contributed by atoms with Crippen LogP contribution in [-0.2, 0) is 9.73 Å². The highest BCUT2D eigenvalue weighted by atomic mass is 32.2. The van der Waals surface area contributed by atoms with Crippen molar-refractivity contribution in [1.82, 2.24) is 10.9 Å². The van der Waals surface area contributed by atoms with Crippen LogP contribution in [0.25, 0.3) is 0 Å². The molecule has 54 valence electrons.